The zero-order valence-electron chi connectivity index (χ0n) is 9.52. The smallest absolute Gasteiger partial charge is 0.106 e. The van der Waals surface area contributed by atoms with Crippen molar-refractivity contribution in [1.82, 2.24) is 0 Å². The van der Waals surface area contributed by atoms with Crippen molar-refractivity contribution in [2.24, 2.45) is 0 Å². The number of benzene rings is 2. The van der Waals surface area contributed by atoms with E-state index in [4.69, 9.17) is 34.8 Å². The quantitative estimate of drug-likeness (QED) is 0.368. The molecule has 2 aromatic rings. The van der Waals surface area contributed by atoms with Gasteiger partial charge < -0.3 is 0 Å². The summed E-state index contributed by atoms with van der Waals surface area (Å²) in [5, 5.41) is 0. The van der Waals surface area contributed by atoms with Gasteiger partial charge >= 0.3 is 0 Å². The van der Waals surface area contributed by atoms with Crippen LogP contribution in [0.15, 0.2) is 63.2 Å². The molecule has 0 aliphatic heterocycles. The highest BCUT2D eigenvalue weighted by Gasteiger charge is 2.23. The van der Waals surface area contributed by atoms with Crippen LogP contribution in [0.1, 0.15) is 5.56 Å². The van der Waals surface area contributed by atoms with Gasteiger partial charge in [0.15, 0.2) is 0 Å². The van der Waals surface area contributed by atoms with E-state index in [-0.39, 0.29) is 0 Å². The number of hydrogen-bond donors (Lipinski definition) is 1. The first kappa shape index (κ1) is 15.7. The highest BCUT2D eigenvalue weighted by Crippen LogP contribution is 2.43. The summed E-state index contributed by atoms with van der Waals surface area (Å²) in [5.74, 6) is 0. The van der Waals surface area contributed by atoms with Gasteiger partial charge in [-0.25, -0.2) is 0 Å². The van der Waals surface area contributed by atoms with E-state index >= 15 is 0 Å². The molecule has 0 unspecified atom stereocenters. The standard InChI is InChI=1S/C13H9Cl3S3/c14-13(15,16)9-6-7-11(19-17)12(8-9)18-10-4-2-1-3-5-10/h1-8,17H. The Hall–Kier alpha value is 0.360. The first-order valence-electron chi connectivity index (χ1n) is 5.26. The van der Waals surface area contributed by atoms with E-state index in [2.05, 4.69) is 11.7 Å². The Labute approximate surface area is 141 Å². The van der Waals surface area contributed by atoms with E-state index in [0.717, 1.165) is 14.7 Å². The molecule has 0 aliphatic carbocycles. The number of hydrogen-bond acceptors (Lipinski definition) is 3. The normalized spacial score (nSPS) is 11.6. The molecule has 2 rings (SSSR count). The van der Waals surface area contributed by atoms with Gasteiger partial charge in [0, 0.05) is 20.2 Å². The molecule has 0 N–H and O–H groups in total. The van der Waals surface area contributed by atoms with Gasteiger partial charge in [-0.15, -0.1) is 11.7 Å². The van der Waals surface area contributed by atoms with E-state index in [1.165, 1.54) is 10.8 Å². The number of halogens is 3. The van der Waals surface area contributed by atoms with Crippen molar-refractivity contribution in [2.45, 2.75) is 18.5 Å². The maximum atomic E-state index is 5.92. The molecule has 0 amide bonds. The predicted molar refractivity (Wildman–Crippen MR) is 91.1 cm³/mol. The molecular formula is C13H9Cl3S3. The Morgan fingerprint density at radius 1 is 0.895 bits per heavy atom. The molecule has 0 aromatic heterocycles. The summed E-state index contributed by atoms with van der Waals surface area (Å²) >= 11 is 23.7. The molecule has 0 atom stereocenters. The molecule has 0 nitrogen and oxygen atoms in total. The summed E-state index contributed by atoms with van der Waals surface area (Å²) in [7, 11) is 1.38. The molecule has 0 aliphatic rings. The summed E-state index contributed by atoms with van der Waals surface area (Å²) in [6.07, 6.45) is 0. The Bertz CT molecular complexity index is 553. The lowest BCUT2D eigenvalue weighted by Crippen LogP contribution is -2.00. The van der Waals surface area contributed by atoms with Crippen molar-refractivity contribution in [1.29, 1.82) is 0 Å². The third-order valence-electron chi connectivity index (χ3n) is 2.34. The molecular weight excluding hydrogens is 359 g/mol. The van der Waals surface area contributed by atoms with Crippen LogP contribution in [0.5, 0.6) is 0 Å². The minimum Gasteiger partial charge on any atom is -0.106 e. The van der Waals surface area contributed by atoms with Crippen LogP contribution >= 0.6 is 69.0 Å². The van der Waals surface area contributed by atoms with Crippen molar-refractivity contribution in [3.8, 4) is 0 Å². The van der Waals surface area contributed by atoms with Crippen LogP contribution in [0.25, 0.3) is 0 Å². The lowest BCUT2D eigenvalue weighted by Gasteiger charge is -2.14. The molecule has 6 heteroatoms. The minimum atomic E-state index is -1.41. The highest BCUT2D eigenvalue weighted by atomic mass is 35.6. The van der Waals surface area contributed by atoms with Crippen molar-refractivity contribution in [3.63, 3.8) is 0 Å². The zero-order chi connectivity index (χ0) is 13.9. The Balaban J connectivity index is 2.37. The third kappa shape index (κ3) is 4.42. The molecule has 2 aromatic carbocycles. The largest absolute Gasteiger partial charge is 0.216 e. The zero-order valence-corrected chi connectivity index (χ0v) is 14.3. The van der Waals surface area contributed by atoms with Gasteiger partial charge in [0.2, 0.25) is 3.79 Å². The maximum Gasteiger partial charge on any atom is 0.216 e. The molecule has 0 fully saturated rings. The first-order valence-corrected chi connectivity index (χ1v) is 9.08. The topological polar surface area (TPSA) is 0 Å². The first-order chi connectivity index (χ1) is 9.00. The van der Waals surface area contributed by atoms with E-state index < -0.39 is 3.79 Å². The molecule has 100 valence electrons. The van der Waals surface area contributed by atoms with E-state index in [9.17, 15) is 0 Å². The summed E-state index contributed by atoms with van der Waals surface area (Å²) in [5.41, 5.74) is 0.655. The fourth-order valence-electron chi connectivity index (χ4n) is 1.46. The second-order valence-electron chi connectivity index (χ2n) is 3.67. The average molecular weight is 368 g/mol. The average Bonchev–Trinajstić information content (AvgIpc) is 2.39. The fraction of sp³-hybridized carbons (Fsp3) is 0.0769. The summed E-state index contributed by atoms with van der Waals surface area (Å²) in [6, 6.07) is 15.7. The van der Waals surface area contributed by atoms with Gasteiger partial charge in [-0.3, -0.25) is 0 Å². The van der Waals surface area contributed by atoms with Crippen LogP contribution in [0.4, 0.5) is 0 Å². The second-order valence-corrected chi connectivity index (χ2v) is 8.23. The monoisotopic (exact) mass is 366 g/mol. The van der Waals surface area contributed by atoms with Crippen LogP contribution in [-0.2, 0) is 3.79 Å². The highest BCUT2D eigenvalue weighted by molar-refractivity contribution is 8.68. The molecule has 0 spiro atoms. The molecule has 0 saturated heterocycles. The van der Waals surface area contributed by atoms with E-state index in [1.807, 2.05) is 42.5 Å². The van der Waals surface area contributed by atoms with Crippen LogP contribution in [0.3, 0.4) is 0 Å². The van der Waals surface area contributed by atoms with Crippen LogP contribution in [0.2, 0.25) is 0 Å². The van der Waals surface area contributed by atoms with Gasteiger partial charge in [0.25, 0.3) is 0 Å². The number of alkyl halides is 3. The number of rotatable bonds is 3. The maximum absolute atomic E-state index is 5.92. The molecule has 0 bridgehead atoms. The van der Waals surface area contributed by atoms with Gasteiger partial charge in [-0.2, -0.15) is 0 Å². The molecule has 19 heavy (non-hydrogen) atoms. The summed E-state index contributed by atoms with van der Waals surface area (Å²) in [4.78, 5) is 3.19. The SMILES string of the molecule is SSc1ccc(C(Cl)(Cl)Cl)cc1Sc1ccccc1. The minimum absolute atomic E-state index is 0.655. The Kier molecular flexibility index (Phi) is 5.70. The number of thiol groups is 1. The fourth-order valence-corrected chi connectivity index (χ4v) is 3.90. The lowest BCUT2D eigenvalue weighted by atomic mass is 10.2. The Morgan fingerprint density at radius 2 is 1.58 bits per heavy atom. The molecule has 0 saturated carbocycles. The lowest BCUT2D eigenvalue weighted by molar-refractivity contribution is 1.15. The van der Waals surface area contributed by atoms with Gasteiger partial charge in [-0.05, 0) is 24.3 Å². The molecule has 0 heterocycles. The van der Waals surface area contributed by atoms with Crippen molar-refractivity contribution >= 4 is 69.0 Å². The van der Waals surface area contributed by atoms with E-state index in [1.54, 1.807) is 17.8 Å². The van der Waals surface area contributed by atoms with E-state index in [0.29, 0.717) is 5.56 Å². The van der Waals surface area contributed by atoms with Gasteiger partial charge in [0.1, 0.15) is 0 Å². The van der Waals surface area contributed by atoms with Gasteiger partial charge in [0.05, 0.1) is 0 Å². The second kappa shape index (κ2) is 6.88. The third-order valence-corrected chi connectivity index (χ3v) is 5.33. The van der Waals surface area contributed by atoms with Gasteiger partial charge in [-0.1, -0.05) is 81.6 Å². The van der Waals surface area contributed by atoms with Crippen molar-refractivity contribution in [2.75, 3.05) is 0 Å². The van der Waals surface area contributed by atoms with Crippen molar-refractivity contribution in [3.05, 3.63) is 54.1 Å². The summed E-state index contributed by atoms with van der Waals surface area (Å²) < 4.78 is -1.41. The van der Waals surface area contributed by atoms with Crippen LogP contribution in [0, 0.1) is 0 Å². The van der Waals surface area contributed by atoms with Crippen molar-refractivity contribution < 1.29 is 0 Å². The predicted octanol–water partition coefficient (Wildman–Crippen LogP) is 6.60. The van der Waals surface area contributed by atoms with Crippen LogP contribution in [-0.4, -0.2) is 0 Å². The van der Waals surface area contributed by atoms with Crippen LogP contribution < -0.4 is 0 Å². The Morgan fingerprint density at radius 3 is 2.16 bits per heavy atom. The summed E-state index contributed by atoms with van der Waals surface area (Å²) in [6.45, 7) is 0. The molecule has 0 radical (unpaired) electrons.